The fourth-order valence-electron chi connectivity index (χ4n) is 2.43. The highest BCUT2D eigenvalue weighted by Gasteiger charge is 2.32. The summed E-state index contributed by atoms with van der Waals surface area (Å²) >= 11 is 0. The maximum absolute atomic E-state index is 12.5. The second-order valence-corrected chi connectivity index (χ2v) is 7.87. The molecule has 1 aliphatic carbocycles. The van der Waals surface area contributed by atoms with Gasteiger partial charge in [0.15, 0.2) is 11.6 Å². The molecule has 1 aliphatic rings. The molecule has 0 aliphatic heterocycles. The van der Waals surface area contributed by atoms with E-state index in [1.807, 2.05) is 0 Å². The molecule has 0 atom stereocenters. The molecule has 5 N–H and O–H groups in total. The first-order valence-corrected chi connectivity index (χ1v) is 9.20. The van der Waals surface area contributed by atoms with Gasteiger partial charge >= 0.3 is 0 Å². The molecule has 0 unspecified atom stereocenters. The summed E-state index contributed by atoms with van der Waals surface area (Å²) in [4.78, 5) is 23.8. The summed E-state index contributed by atoms with van der Waals surface area (Å²) < 4.78 is 62.8. The number of hydrogen-bond acceptors (Lipinski definition) is 7. The first-order valence-electron chi connectivity index (χ1n) is 6.32. The summed E-state index contributed by atoms with van der Waals surface area (Å²) in [7, 11) is -9.11. The molecule has 0 radical (unpaired) electrons. The number of hydrogen-bond donors (Lipinski definition) is 3. The topological polar surface area (TPSA) is 178 Å². The van der Waals surface area contributed by atoms with Gasteiger partial charge in [-0.3, -0.25) is 18.7 Å². The normalized spacial score (nSPS) is 13.7. The third-order valence-electron chi connectivity index (χ3n) is 3.56. The lowest BCUT2D eigenvalue weighted by Crippen LogP contribution is -2.22. The third-order valence-corrected chi connectivity index (χ3v) is 5.26. The van der Waals surface area contributed by atoms with Gasteiger partial charge in [0.2, 0.25) is 0 Å². The van der Waals surface area contributed by atoms with Crippen LogP contribution in [-0.4, -0.2) is 37.5 Å². The zero-order valence-electron chi connectivity index (χ0n) is 12.3. The average Bonchev–Trinajstić information content (AvgIpc) is 2.49. The van der Waals surface area contributed by atoms with Crippen LogP contribution in [0.3, 0.4) is 0 Å². The number of rotatable bonds is 2. The number of carbonyl (C=O) groups excluding carboxylic acids is 2. The van der Waals surface area contributed by atoms with Crippen molar-refractivity contribution in [2.45, 2.75) is 9.79 Å². The Bertz CT molecular complexity index is 1040. The van der Waals surface area contributed by atoms with E-state index in [2.05, 4.69) is 0 Å². The lowest BCUT2D eigenvalue weighted by atomic mass is 9.84. The van der Waals surface area contributed by atoms with Crippen LogP contribution in [-0.2, 0) is 20.2 Å². The average molecular weight is 385 g/mol. The smallest absolute Gasteiger partial charge is 0.294 e. The van der Waals surface area contributed by atoms with Gasteiger partial charge in [-0.15, -0.1) is 0 Å². The van der Waals surface area contributed by atoms with E-state index in [1.165, 1.54) is 0 Å². The zero-order chi connectivity index (χ0) is 17.9. The van der Waals surface area contributed by atoms with E-state index in [1.54, 1.807) is 0 Å². The summed E-state index contributed by atoms with van der Waals surface area (Å²) in [6.45, 7) is 0. The minimum Gasteiger partial charge on any atom is -0.344 e. The van der Waals surface area contributed by atoms with Crippen LogP contribution in [0.2, 0.25) is 0 Å². The van der Waals surface area contributed by atoms with Crippen LogP contribution in [0.1, 0.15) is 31.8 Å². The highest BCUT2D eigenvalue weighted by molar-refractivity contribution is 7.86. The van der Waals surface area contributed by atoms with Crippen LogP contribution in [0, 0.1) is 0 Å². The van der Waals surface area contributed by atoms with Crippen LogP contribution in [0.5, 0.6) is 0 Å². The molecule has 11 heteroatoms. The molecule has 0 aromatic heterocycles. The lowest BCUT2D eigenvalue weighted by Gasteiger charge is -2.18. The molecule has 0 saturated heterocycles. The van der Waals surface area contributed by atoms with E-state index >= 15 is 0 Å². The van der Waals surface area contributed by atoms with Gasteiger partial charge in [0.25, 0.3) is 20.2 Å². The minimum absolute atomic E-state index is 0. The van der Waals surface area contributed by atoms with Gasteiger partial charge in [-0.2, -0.15) is 16.8 Å². The van der Waals surface area contributed by atoms with Crippen molar-refractivity contribution in [3.05, 3.63) is 58.7 Å². The van der Waals surface area contributed by atoms with E-state index in [-0.39, 0.29) is 28.4 Å². The van der Waals surface area contributed by atoms with Gasteiger partial charge in [-0.05, 0) is 36.4 Å². The highest BCUT2D eigenvalue weighted by Crippen LogP contribution is 2.30. The van der Waals surface area contributed by atoms with E-state index < -0.39 is 41.6 Å². The van der Waals surface area contributed by atoms with Crippen molar-refractivity contribution in [3.63, 3.8) is 0 Å². The molecule has 2 aromatic carbocycles. The Labute approximate surface area is 142 Å². The van der Waals surface area contributed by atoms with Crippen LogP contribution in [0.4, 0.5) is 0 Å². The predicted octanol–water partition coefficient (Wildman–Crippen LogP) is 1.12. The van der Waals surface area contributed by atoms with Gasteiger partial charge in [0.05, 0.1) is 9.79 Å². The summed E-state index contributed by atoms with van der Waals surface area (Å²) in [6, 6.07) is 5.78. The Morgan fingerprint density at radius 1 is 0.600 bits per heavy atom. The summed E-state index contributed by atoms with van der Waals surface area (Å²) in [6.07, 6.45) is 0. The maximum Gasteiger partial charge on any atom is 0.294 e. The highest BCUT2D eigenvalue weighted by atomic mass is 32.2. The molecular weight excluding hydrogens is 374 g/mol. The number of fused-ring (bicyclic) bond motifs is 2. The van der Waals surface area contributed by atoms with E-state index in [9.17, 15) is 26.4 Å². The Morgan fingerprint density at radius 2 is 0.920 bits per heavy atom. The summed E-state index contributed by atoms with van der Waals surface area (Å²) in [5.74, 6) is -1.40. The Hall–Kier alpha value is -2.44. The molecular formula is C14H11NO8S2. The fraction of sp³-hybridized carbons (Fsp3) is 0. The van der Waals surface area contributed by atoms with Crippen molar-refractivity contribution in [1.29, 1.82) is 0 Å². The van der Waals surface area contributed by atoms with Crippen LogP contribution in [0.25, 0.3) is 0 Å². The van der Waals surface area contributed by atoms with E-state index in [0.29, 0.717) is 0 Å². The van der Waals surface area contributed by atoms with Crippen molar-refractivity contribution in [3.8, 4) is 0 Å². The summed E-state index contributed by atoms with van der Waals surface area (Å²) in [5.41, 5.74) is -0.704. The Balaban J connectivity index is 0.00000225. The molecule has 9 nitrogen and oxygen atoms in total. The molecule has 0 amide bonds. The number of ketones is 2. The second-order valence-electron chi connectivity index (χ2n) is 5.02. The molecule has 132 valence electrons. The van der Waals surface area contributed by atoms with Gasteiger partial charge in [0, 0.05) is 22.3 Å². The predicted molar refractivity (Wildman–Crippen MR) is 84.4 cm³/mol. The van der Waals surface area contributed by atoms with Crippen LogP contribution < -0.4 is 6.15 Å². The quantitative estimate of drug-likeness (QED) is 0.545. The molecule has 0 saturated carbocycles. The number of benzene rings is 2. The third kappa shape index (κ3) is 3.10. The fourth-order valence-corrected chi connectivity index (χ4v) is 3.44. The van der Waals surface area contributed by atoms with Gasteiger partial charge in [-0.25, -0.2) is 0 Å². The monoisotopic (exact) mass is 385 g/mol. The minimum atomic E-state index is -4.56. The molecule has 25 heavy (non-hydrogen) atoms. The molecule has 0 heterocycles. The first kappa shape index (κ1) is 18.9. The second kappa shape index (κ2) is 5.82. The van der Waals surface area contributed by atoms with Crippen molar-refractivity contribution in [2.75, 3.05) is 0 Å². The van der Waals surface area contributed by atoms with Crippen LogP contribution in [0.15, 0.2) is 46.2 Å². The van der Waals surface area contributed by atoms with Crippen LogP contribution >= 0.6 is 0 Å². The van der Waals surface area contributed by atoms with Crippen molar-refractivity contribution < 1.29 is 35.5 Å². The largest absolute Gasteiger partial charge is 0.344 e. The molecule has 3 rings (SSSR count). The standard InChI is InChI=1S/C14H8O8S2.H3N/c15-13-9-3-1-7(23(17,18)19)5-11(9)14(16)10-4-2-8(6-12(10)13)24(20,21)22;/h1-6H,(H,17,18,19)(H,20,21,22);1H3. The molecule has 2 aromatic rings. The van der Waals surface area contributed by atoms with E-state index in [4.69, 9.17) is 9.11 Å². The number of carbonyl (C=O) groups is 2. The molecule has 0 fully saturated rings. The van der Waals surface area contributed by atoms with Crippen molar-refractivity contribution in [1.82, 2.24) is 6.15 Å². The lowest BCUT2D eigenvalue weighted by molar-refractivity contribution is 0.0978. The van der Waals surface area contributed by atoms with E-state index in [0.717, 1.165) is 36.4 Å². The maximum atomic E-state index is 12.5. The molecule has 0 spiro atoms. The SMILES string of the molecule is N.O=C1c2ccc(S(=O)(=O)O)cc2C(=O)c2ccc(S(=O)(=O)O)cc21. The van der Waals surface area contributed by atoms with Gasteiger partial charge in [-0.1, -0.05) is 0 Å². The first-order chi connectivity index (χ1) is 11.0. The zero-order valence-corrected chi connectivity index (χ0v) is 14.0. The summed E-state index contributed by atoms with van der Waals surface area (Å²) in [5, 5.41) is 0. The molecule has 0 bridgehead atoms. The Kier molecular flexibility index (Phi) is 4.40. The van der Waals surface area contributed by atoms with Gasteiger partial charge in [0.1, 0.15) is 0 Å². The van der Waals surface area contributed by atoms with Crippen molar-refractivity contribution >= 4 is 31.8 Å². The van der Waals surface area contributed by atoms with Crippen molar-refractivity contribution in [2.24, 2.45) is 0 Å². The Morgan fingerprint density at radius 3 is 1.20 bits per heavy atom. The van der Waals surface area contributed by atoms with Gasteiger partial charge < -0.3 is 6.15 Å².